The van der Waals surface area contributed by atoms with Gasteiger partial charge in [-0.15, -0.1) is 10.2 Å². The second kappa shape index (κ2) is 9.30. The fourth-order valence-corrected chi connectivity index (χ4v) is 3.30. The van der Waals surface area contributed by atoms with Crippen molar-refractivity contribution in [2.45, 2.75) is 20.3 Å². The Morgan fingerprint density at radius 1 is 0.935 bits per heavy atom. The van der Waals surface area contributed by atoms with Gasteiger partial charge in [-0.05, 0) is 61.9 Å². The van der Waals surface area contributed by atoms with E-state index in [0.29, 0.717) is 42.4 Å². The molecule has 2 aromatic carbocycles. The van der Waals surface area contributed by atoms with Crippen LogP contribution in [0.15, 0.2) is 66.9 Å². The van der Waals surface area contributed by atoms with Crippen molar-refractivity contribution in [3.05, 3.63) is 83.8 Å². The van der Waals surface area contributed by atoms with Crippen molar-refractivity contribution in [2.24, 2.45) is 0 Å². The lowest BCUT2D eigenvalue weighted by Gasteiger charge is -2.12. The molecule has 7 heteroatoms. The Labute approximate surface area is 180 Å². The molecule has 7 nitrogen and oxygen atoms in total. The predicted octanol–water partition coefficient (Wildman–Crippen LogP) is 4.37. The second-order valence-electron chi connectivity index (χ2n) is 6.90. The number of benzene rings is 2. The van der Waals surface area contributed by atoms with Crippen LogP contribution in [-0.2, 0) is 6.42 Å². The maximum atomic E-state index is 12.7. The first-order valence-electron chi connectivity index (χ1n) is 10.3. The number of nitrogens with one attached hydrogen (secondary N) is 1. The zero-order valence-electron chi connectivity index (χ0n) is 17.5. The highest BCUT2D eigenvalue weighted by Gasteiger charge is 2.12. The molecule has 31 heavy (non-hydrogen) atoms. The molecular weight excluding hydrogens is 392 g/mol. The Kier molecular flexibility index (Phi) is 6.12. The molecule has 0 unspecified atom stereocenters. The Bertz CT molecular complexity index is 1190. The molecule has 1 amide bonds. The number of hydrogen-bond donors (Lipinski definition) is 1. The van der Waals surface area contributed by atoms with Crippen LogP contribution in [0.25, 0.3) is 5.65 Å². The number of anilines is 1. The van der Waals surface area contributed by atoms with E-state index in [4.69, 9.17) is 9.47 Å². The van der Waals surface area contributed by atoms with E-state index in [9.17, 15) is 4.79 Å². The first-order chi connectivity index (χ1) is 15.2. The summed E-state index contributed by atoms with van der Waals surface area (Å²) in [4.78, 5) is 12.7. The number of carbonyl (C=O) groups excluding carboxylic acids is 1. The van der Waals surface area contributed by atoms with Gasteiger partial charge < -0.3 is 14.8 Å². The number of pyridine rings is 1. The van der Waals surface area contributed by atoms with Gasteiger partial charge in [-0.1, -0.05) is 18.2 Å². The summed E-state index contributed by atoms with van der Waals surface area (Å²) in [7, 11) is 0. The summed E-state index contributed by atoms with van der Waals surface area (Å²) in [5.74, 6) is 1.85. The van der Waals surface area contributed by atoms with Crippen LogP contribution in [0.2, 0.25) is 0 Å². The van der Waals surface area contributed by atoms with Crippen LogP contribution in [-0.4, -0.2) is 33.7 Å². The van der Waals surface area contributed by atoms with Crippen LogP contribution >= 0.6 is 0 Å². The number of amides is 1. The number of carbonyl (C=O) groups is 1. The van der Waals surface area contributed by atoms with Gasteiger partial charge in [0.05, 0.1) is 13.2 Å². The molecule has 0 atom stereocenters. The molecule has 0 radical (unpaired) electrons. The molecule has 0 aliphatic heterocycles. The summed E-state index contributed by atoms with van der Waals surface area (Å²) in [6, 6.07) is 18.7. The quantitative estimate of drug-likeness (QED) is 0.461. The molecule has 4 rings (SSSR count). The second-order valence-corrected chi connectivity index (χ2v) is 6.90. The number of rotatable bonds is 8. The molecule has 1 N–H and O–H groups in total. The normalized spacial score (nSPS) is 10.8. The third-order valence-electron chi connectivity index (χ3n) is 4.76. The summed E-state index contributed by atoms with van der Waals surface area (Å²) in [6.07, 6.45) is 2.60. The van der Waals surface area contributed by atoms with E-state index in [-0.39, 0.29) is 5.91 Å². The Hall–Kier alpha value is -3.87. The number of aromatic nitrogens is 3. The van der Waals surface area contributed by atoms with Gasteiger partial charge in [0, 0.05) is 23.9 Å². The van der Waals surface area contributed by atoms with Gasteiger partial charge in [-0.25, -0.2) is 0 Å². The molecule has 2 heterocycles. The molecular formula is C24H24N4O3. The molecule has 0 saturated carbocycles. The van der Waals surface area contributed by atoms with Crippen molar-refractivity contribution in [3.63, 3.8) is 0 Å². The topological polar surface area (TPSA) is 77.8 Å². The van der Waals surface area contributed by atoms with Crippen LogP contribution in [0.3, 0.4) is 0 Å². The maximum Gasteiger partial charge on any atom is 0.255 e. The molecule has 2 aromatic heterocycles. The van der Waals surface area contributed by atoms with Crippen molar-refractivity contribution < 1.29 is 14.3 Å². The number of nitrogens with zero attached hydrogens (tertiary/aromatic N) is 3. The van der Waals surface area contributed by atoms with E-state index in [1.807, 2.05) is 66.9 Å². The summed E-state index contributed by atoms with van der Waals surface area (Å²) in [5.41, 5.74) is 3.12. The van der Waals surface area contributed by atoms with E-state index in [1.54, 1.807) is 18.2 Å². The first kappa shape index (κ1) is 20.4. The Morgan fingerprint density at radius 2 is 1.71 bits per heavy atom. The minimum atomic E-state index is -0.208. The lowest BCUT2D eigenvalue weighted by Crippen LogP contribution is -2.12. The molecule has 158 valence electrons. The van der Waals surface area contributed by atoms with Gasteiger partial charge in [0.15, 0.2) is 17.1 Å². The highest BCUT2D eigenvalue weighted by Crippen LogP contribution is 2.29. The van der Waals surface area contributed by atoms with Crippen LogP contribution < -0.4 is 14.8 Å². The summed E-state index contributed by atoms with van der Waals surface area (Å²) in [5, 5.41) is 11.4. The molecule has 0 aliphatic carbocycles. The van der Waals surface area contributed by atoms with Gasteiger partial charge in [0.1, 0.15) is 5.82 Å². The van der Waals surface area contributed by atoms with Gasteiger partial charge in [-0.2, -0.15) is 0 Å². The monoisotopic (exact) mass is 416 g/mol. The van der Waals surface area contributed by atoms with Gasteiger partial charge >= 0.3 is 0 Å². The maximum absolute atomic E-state index is 12.7. The van der Waals surface area contributed by atoms with E-state index < -0.39 is 0 Å². The number of hydrogen-bond acceptors (Lipinski definition) is 5. The van der Waals surface area contributed by atoms with E-state index in [0.717, 1.165) is 17.0 Å². The van der Waals surface area contributed by atoms with Crippen molar-refractivity contribution in [1.82, 2.24) is 14.6 Å². The molecule has 4 aromatic rings. The molecule has 0 saturated heterocycles. The SMILES string of the molecule is CCOc1ccc(C(=O)Nc2ccc(Cc3nnc4ccccn34)cc2)cc1OCC. The number of ether oxygens (including phenoxy) is 2. The van der Waals surface area contributed by atoms with Crippen LogP contribution in [0.5, 0.6) is 11.5 Å². The molecule has 0 aliphatic rings. The fraction of sp³-hybridized carbons (Fsp3) is 0.208. The highest BCUT2D eigenvalue weighted by atomic mass is 16.5. The fourth-order valence-electron chi connectivity index (χ4n) is 3.30. The Morgan fingerprint density at radius 3 is 2.48 bits per heavy atom. The average Bonchev–Trinajstić information content (AvgIpc) is 3.19. The summed E-state index contributed by atoms with van der Waals surface area (Å²) < 4.78 is 13.1. The third kappa shape index (κ3) is 4.66. The zero-order valence-corrected chi connectivity index (χ0v) is 17.5. The lowest BCUT2D eigenvalue weighted by atomic mass is 10.1. The van der Waals surface area contributed by atoms with Crippen LogP contribution in [0, 0.1) is 0 Å². The number of fused-ring (bicyclic) bond motifs is 1. The summed E-state index contributed by atoms with van der Waals surface area (Å²) in [6.45, 7) is 4.83. The average molecular weight is 416 g/mol. The smallest absolute Gasteiger partial charge is 0.255 e. The van der Waals surface area contributed by atoms with Crippen molar-refractivity contribution >= 4 is 17.2 Å². The van der Waals surface area contributed by atoms with Gasteiger partial charge in [0.25, 0.3) is 5.91 Å². The van der Waals surface area contributed by atoms with E-state index in [1.165, 1.54) is 0 Å². The first-order valence-corrected chi connectivity index (χ1v) is 10.3. The standard InChI is InChI=1S/C24H24N4O3/c1-3-30-20-13-10-18(16-21(20)31-4-2)24(29)25-19-11-8-17(9-12-19)15-23-27-26-22-7-5-6-14-28(22)23/h5-14,16H,3-4,15H2,1-2H3,(H,25,29). The predicted molar refractivity (Wildman–Crippen MR) is 119 cm³/mol. The minimum Gasteiger partial charge on any atom is -0.490 e. The van der Waals surface area contributed by atoms with Gasteiger partial charge in [0.2, 0.25) is 0 Å². The molecule has 0 fully saturated rings. The summed E-state index contributed by atoms with van der Waals surface area (Å²) >= 11 is 0. The largest absolute Gasteiger partial charge is 0.490 e. The van der Waals surface area contributed by atoms with Gasteiger partial charge in [-0.3, -0.25) is 9.20 Å². The third-order valence-corrected chi connectivity index (χ3v) is 4.76. The van der Waals surface area contributed by atoms with Crippen molar-refractivity contribution in [3.8, 4) is 11.5 Å². The minimum absolute atomic E-state index is 0.208. The van der Waals surface area contributed by atoms with E-state index in [2.05, 4.69) is 15.5 Å². The zero-order chi connectivity index (χ0) is 21.6. The lowest BCUT2D eigenvalue weighted by molar-refractivity contribution is 0.102. The molecule has 0 spiro atoms. The highest BCUT2D eigenvalue weighted by molar-refractivity contribution is 6.04. The van der Waals surface area contributed by atoms with Crippen molar-refractivity contribution in [1.29, 1.82) is 0 Å². The Balaban J connectivity index is 1.45. The van der Waals surface area contributed by atoms with Crippen molar-refractivity contribution in [2.75, 3.05) is 18.5 Å². The van der Waals surface area contributed by atoms with Crippen LogP contribution in [0.1, 0.15) is 35.6 Å². The van der Waals surface area contributed by atoms with E-state index >= 15 is 0 Å². The molecule has 0 bridgehead atoms. The van der Waals surface area contributed by atoms with Crippen LogP contribution in [0.4, 0.5) is 5.69 Å².